The van der Waals surface area contributed by atoms with Crippen LogP contribution in [0.4, 0.5) is 16.3 Å². The van der Waals surface area contributed by atoms with Crippen molar-refractivity contribution in [3.8, 4) is 0 Å². The maximum atomic E-state index is 12.3. The van der Waals surface area contributed by atoms with Crippen LogP contribution < -0.4 is 4.90 Å². The van der Waals surface area contributed by atoms with E-state index in [9.17, 15) is 14.9 Å². The van der Waals surface area contributed by atoms with Gasteiger partial charge in [0.25, 0.3) is 5.69 Å². The number of hydrogen-bond donors (Lipinski definition) is 0. The lowest BCUT2D eigenvalue weighted by atomic mass is 10.2. The van der Waals surface area contributed by atoms with E-state index in [2.05, 4.69) is 4.98 Å². The lowest BCUT2D eigenvalue weighted by molar-refractivity contribution is -0.385. The van der Waals surface area contributed by atoms with E-state index < -0.39 is 10.5 Å². The summed E-state index contributed by atoms with van der Waals surface area (Å²) in [5.41, 5.74) is -0.556. The molecular weight excluding hydrogens is 312 g/mol. The van der Waals surface area contributed by atoms with Crippen molar-refractivity contribution in [2.24, 2.45) is 0 Å². The zero-order valence-corrected chi connectivity index (χ0v) is 14.6. The van der Waals surface area contributed by atoms with Gasteiger partial charge in [0.15, 0.2) is 0 Å². The van der Waals surface area contributed by atoms with Crippen molar-refractivity contribution in [1.82, 2.24) is 9.88 Å². The van der Waals surface area contributed by atoms with Gasteiger partial charge < -0.3 is 14.5 Å². The lowest BCUT2D eigenvalue weighted by Crippen LogP contribution is -2.44. The Morgan fingerprint density at radius 2 is 2.21 bits per heavy atom. The number of nitrogens with zero attached hydrogens (tertiary/aromatic N) is 4. The SMILES string of the molecule is CN(C[C@@H]1CCCN1C(=O)OC(C)(C)C)c1ccc([N+](=O)[O-])cn1. The summed E-state index contributed by atoms with van der Waals surface area (Å²) in [4.78, 5) is 30.3. The van der Waals surface area contributed by atoms with Crippen molar-refractivity contribution in [2.45, 2.75) is 45.3 Å². The smallest absolute Gasteiger partial charge is 0.410 e. The van der Waals surface area contributed by atoms with Crippen LogP contribution in [-0.2, 0) is 4.74 Å². The summed E-state index contributed by atoms with van der Waals surface area (Å²) in [5.74, 6) is 0.636. The van der Waals surface area contributed by atoms with Gasteiger partial charge in [-0.1, -0.05) is 0 Å². The molecule has 8 heteroatoms. The van der Waals surface area contributed by atoms with Crippen LogP contribution in [0, 0.1) is 10.1 Å². The fraction of sp³-hybridized carbons (Fsp3) is 0.625. The molecule has 0 N–H and O–H groups in total. The minimum absolute atomic E-state index is 0.0385. The molecule has 0 saturated carbocycles. The van der Waals surface area contributed by atoms with Crippen LogP contribution in [0.3, 0.4) is 0 Å². The predicted molar refractivity (Wildman–Crippen MR) is 90.1 cm³/mol. The van der Waals surface area contributed by atoms with Crippen molar-refractivity contribution in [2.75, 3.05) is 25.0 Å². The van der Waals surface area contributed by atoms with Crippen LogP contribution in [0.5, 0.6) is 0 Å². The summed E-state index contributed by atoms with van der Waals surface area (Å²) in [7, 11) is 1.86. The third-order valence-electron chi connectivity index (χ3n) is 3.82. The van der Waals surface area contributed by atoms with Crippen LogP contribution in [0.25, 0.3) is 0 Å². The Kier molecular flexibility index (Phi) is 5.26. The maximum Gasteiger partial charge on any atom is 0.410 e. The molecule has 0 radical (unpaired) electrons. The first kappa shape index (κ1) is 18.0. The van der Waals surface area contributed by atoms with Gasteiger partial charge in [0.05, 0.1) is 11.0 Å². The van der Waals surface area contributed by atoms with Crippen LogP contribution >= 0.6 is 0 Å². The molecule has 1 aliphatic heterocycles. The van der Waals surface area contributed by atoms with E-state index in [1.807, 2.05) is 32.7 Å². The minimum atomic E-state index is -0.518. The zero-order chi connectivity index (χ0) is 17.9. The van der Waals surface area contributed by atoms with Crippen LogP contribution in [0.15, 0.2) is 18.3 Å². The van der Waals surface area contributed by atoms with Gasteiger partial charge in [-0.3, -0.25) is 10.1 Å². The molecule has 1 saturated heterocycles. The van der Waals surface area contributed by atoms with Gasteiger partial charge in [0.2, 0.25) is 0 Å². The molecule has 0 aromatic carbocycles. The Morgan fingerprint density at radius 1 is 1.50 bits per heavy atom. The van der Waals surface area contributed by atoms with Gasteiger partial charge >= 0.3 is 6.09 Å². The number of nitro groups is 1. The van der Waals surface area contributed by atoms with E-state index in [4.69, 9.17) is 4.74 Å². The number of likely N-dealkylation sites (N-methyl/N-ethyl adjacent to an activating group) is 1. The lowest BCUT2D eigenvalue weighted by Gasteiger charge is -2.31. The van der Waals surface area contributed by atoms with Crippen molar-refractivity contribution in [3.05, 3.63) is 28.4 Å². The maximum absolute atomic E-state index is 12.3. The Balaban J connectivity index is 2.00. The Morgan fingerprint density at radius 3 is 2.75 bits per heavy atom. The van der Waals surface area contributed by atoms with E-state index in [0.717, 1.165) is 12.8 Å². The average molecular weight is 336 g/mol. The minimum Gasteiger partial charge on any atom is -0.444 e. The van der Waals surface area contributed by atoms with Crippen molar-refractivity contribution >= 4 is 17.6 Å². The van der Waals surface area contributed by atoms with E-state index >= 15 is 0 Å². The highest BCUT2D eigenvalue weighted by atomic mass is 16.6. The third kappa shape index (κ3) is 4.56. The molecule has 132 valence electrons. The number of likely N-dealkylation sites (tertiary alicyclic amines) is 1. The second-order valence-corrected chi connectivity index (χ2v) is 6.98. The molecule has 0 unspecified atom stereocenters. The van der Waals surface area contributed by atoms with Crippen LogP contribution in [-0.4, -0.2) is 52.7 Å². The van der Waals surface area contributed by atoms with Crippen LogP contribution in [0.1, 0.15) is 33.6 Å². The standard InChI is InChI=1S/C16H24N4O4/c1-16(2,3)24-15(21)19-9-5-6-13(19)11-18(4)14-8-7-12(10-17-14)20(22)23/h7-8,10,13H,5-6,9,11H2,1-4H3/t13-/m0/s1. The fourth-order valence-corrected chi connectivity index (χ4v) is 2.71. The molecule has 1 atom stereocenters. The number of hydrogen-bond acceptors (Lipinski definition) is 6. The second kappa shape index (κ2) is 7.02. The number of carbonyl (C=O) groups excluding carboxylic acids is 1. The number of amides is 1. The van der Waals surface area contributed by atoms with E-state index in [0.29, 0.717) is 18.9 Å². The first-order valence-corrected chi connectivity index (χ1v) is 7.98. The molecule has 1 aromatic rings. The molecule has 0 spiro atoms. The first-order valence-electron chi connectivity index (χ1n) is 7.98. The highest BCUT2D eigenvalue weighted by Crippen LogP contribution is 2.23. The van der Waals surface area contributed by atoms with Crippen molar-refractivity contribution < 1.29 is 14.5 Å². The molecule has 1 aliphatic rings. The Hall–Kier alpha value is -2.38. The van der Waals surface area contributed by atoms with E-state index in [-0.39, 0.29) is 17.8 Å². The Bertz CT molecular complexity index is 597. The molecule has 1 amide bonds. The molecule has 0 bridgehead atoms. The van der Waals surface area contributed by atoms with E-state index in [1.165, 1.54) is 12.3 Å². The van der Waals surface area contributed by atoms with Gasteiger partial charge in [-0.2, -0.15) is 0 Å². The summed E-state index contributed by atoms with van der Waals surface area (Å²) >= 11 is 0. The monoisotopic (exact) mass is 336 g/mol. The first-order chi connectivity index (χ1) is 11.2. The van der Waals surface area contributed by atoms with Gasteiger partial charge in [0, 0.05) is 26.2 Å². The molecule has 24 heavy (non-hydrogen) atoms. The Labute approximate surface area is 141 Å². The summed E-state index contributed by atoms with van der Waals surface area (Å²) < 4.78 is 5.46. The topological polar surface area (TPSA) is 88.8 Å². The molecule has 0 aliphatic carbocycles. The quantitative estimate of drug-likeness (QED) is 0.620. The van der Waals surface area contributed by atoms with Gasteiger partial charge in [0.1, 0.15) is 17.6 Å². The third-order valence-corrected chi connectivity index (χ3v) is 3.82. The van der Waals surface area contributed by atoms with Crippen molar-refractivity contribution in [1.29, 1.82) is 0 Å². The molecular formula is C16H24N4O4. The number of pyridine rings is 1. The largest absolute Gasteiger partial charge is 0.444 e. The number of rotatable bonds is 4. The predicted octanol–water partition coefficient (Wildman–Crippen LogP) is 2.83. The average Bonchev–Trinajstić information content (AvgIpc) is 2.93. The van der Waals surface area contributed by atoms with Gasteiger partial charge in [-0.25, -0.2) is 9.78 Å². The number of ether oxygens (including phenoxy) is 1. The van der Waals surface area contributed by atoms with E-state index in [1.54, 1.807) is 11.0 Å². The van der Waals surface area contributed by atoms with Crippen molar-refractivity contribution in [3.63, 3.8) is 0 Å². The van der Waals surface area contributed by atoms with Crippen LogP contribution in [0.2, 0.25) is 0 Å². The summed E-state index contributed by atoms with van der Waals surface area (Å²) in [6.45, 7) is 6.83. The fourth-order valence-electron chi connectivity index (χ4n) is 2.71. The highest BCUT2D eigenvalue weighted by molar-refractivity contribution is 5.69. The number of anilines is 1. The number of aromatic nitrogens is 1. The van der Waals surface area contributed by atoms with Gasteiger partial charge in [-0.15, -0.1) is 0 Å². The second-order valence-electron chi connectivity index (χ2n) is 6.98. The normalized spacial score (nSPS) is 17.7. The highest BCUT2D eigenvalue weighted by Gasteiger charge is 2.32. The molecule has 2 rings (SSSR count). The number of carbonyl (C=O) groups is 1. The zero-order valence-electron chi connectivity index (χ0n) is 14.6. The summed E-state index contributed by atoms with van der Waals surface area (Å²) in [5, 5.41) is 10.7. The molecule has 1 fully saturated rings. The molecule has 1 aromatic heterocycles. The molecule has 2 heterocycles. The van der Waals surface area contributed by atoms with Gasteiger partial charge in [-0.05, 0) is 39.7 Å². The summed E-state index contributed by atoms with van der Waals surface area (Å²) in [6.07, 6.45) is 2.78. The summed E-state index contributed by atoms with van der Waals surface area (Å²) in [6, 6.07) is 3.09. The molecule has 8 nitrogen and oxygen atoms in total.